The average molecular weight is 340 g/mol. The molecule has 0 unspecified atom stereocenters. The van der Waals surface area contributed by atoms with Crippen LogP contribution in [0.4, 0.5) is 0 Å². The Bertz CT molecular complexity index is 731. The van der Waals surface area contributed by atoms with Crippen LogP contribution in [0.5, 0.6) is 11.5 Å². The van der Waals surface area contributed by atoms with E-state index in [1.807, 2.05) is 12.1 Å². The molecular weight excluding hydrogens is 312 g/mol. The van der Waals surface area contributed by atoms with Gasteiger partial charge >= 0.3 is 0 Å². The van der Waals surface area contributed by atoms with Gasteiger partial charge in [0.05, 0.1) is 0 Å². The number of rotatable bonds is 3. The van der Waals surface area contributed by atoms with Crippen LogP contribution in [0.3, 0.4) is 0 Å². The number of nitrogens with one attached hydrogen (secondary N) is 1. The fourth-order valence-electron chi connectivity index (χ4n) is 6.79. The van der Waals surface area contributed by atoms with Gasteiger partial charge in [0.15, 0.2) is 0 Å². The van der Waals surface area contributed by atoms with E-state index >= 15 is 0 Å². The SMILES string of the molecule is CN[C@H]1CC[C@H]2[C@H]3Cc4c(O)ccc5c4[C@@]2(CCN3CC2CC2)[C@H]1O5. The van der Waals surface area contributed by atoms with E-state index in [1.165, 1.54) is 56.3 Å². The Morgan fingerprint density at radius 2 is 2.16 bits per heavy atom. The zero-order valence-electron chi connectivity index (χ0n) is 15.0. The molecule has 5 atom stereocenters. The zero-order valence-corrected chi connectivity index (χ0v) is 15.0. The summed E-state index contributed by atoms with van der Waals surface area (Å²) >= 11 is 0. The highest BCUT2D eigenvalue weighted by Gasteiger charge is 2.65. The van der Waals surface area contributed by atoms with Gasteiger partial charge in [-0.3, -0.25) is 4.90 Å². The number of nitrogens with zero attached hydrogens (tertiary/aromatic N) is 1. The summed E-state index contributed by atoms with van der Waals surface area (Å²) in [5.74, 6) is 3.16. The van der Waals surface area contributed by atoms with E-state index in [1.54, 1.807) is 0 Å². The van der Waals surface area contributed by atoms with E-state index in [0.29, 0.717) is 23.8 Å². The largest absolute Gasteiger partial charge is 0.508 e. The normalized spacial score (nSPS) is 41.3. The van der Waals surface area contributed by atoms with Crippen molar-refractivity contribution in [3.05, 3.63) is 23.3 Å². The van der Waals surface area contributed by atoms with E-state index < -0.39 is 0 Å². The number of hydrogen-bond acceptors (Lipinski definition) is 4. The molecule has 0 amide bonds. The van der Waals surface area contributed by atoms with Gasteiger partial charge in [-0.2, -0.15) is 0 Å². The van der Waals surface area contributed by atoms with Crippen LogP contribution < -0.4 is 10.1 Å². The Hall–Kier alpha value is -1.26. The molecule has 2 aliphatic heterocycles. The highest BCUT2D eigenvalue weighted by molar-refractivity contribution is 5.59. The molecule has 134 valence electrons. The van der Waals surface area contributed by atoms with Gasteiger partial charge in [0, 0.05) is 35.2 Å². The number of phenolic OH excluding ortho intramolecular Hbond substituents is 1. The predicted octanol–water partition coefficient (Wildman–Crippen LogP) is 2.43. The van der Waals surface area contributed by atoms with Crippen LogP contribution in [0, 0.1) is 11.8 Å². The molecule has 4 nitrogen and oxygen atoms in total. The molecule has 1 saturated heterocycles. The minimum Gasteiger partial charge on any atom is -0.508 e. The number of hydrogen-bond donors (Lipinski definition) is 2. The second-order valence-electron chi connectivity index (χ2n) is 9.05. The lowest BCUT2D eigenvalue weighted by Gasteiger charge is -2.59. The third kappa shape index (κ3) is 1.80. The van der Waals surface area contributed by atoms with Crippen LogP contribution in [0.15, 0.2) is 12.1 Å². The number of benzene rings is 1. The van der Waals surface area contributed by atoms with Crippen molar-refractivity contribution < 1.29 is 9.84 Å². The van der Waals surface area contributed by atoms with Gasteiger partial charge in [0.2, 0.25) is 0 Å². The van der Waals surface area contributed by atoms with Gasteiger partial charge < -0.3 is 15.2 Å². The minimum absolute atomic E-state index is 0.123. The Morgan fingerprint density at radius 1 is 1.28 bits per heavy atom. The molecule has 0 aromatic heterocycles. The van der Waals surface area contributed by atoms with E-state index in [9.17, 15) is 5.11 Å². The highest BCUT2D eigenvalue weighted by atomic mass is 16.5. The fourth-order valence-corrected chi connectivity index (χ4v) is 6.79. The molecule has 1 spiro atoms. The molecule has 2 N–H and O–H groups in total. The first-order valence-electron chi connectivity index (χ1n) is 10.2. The molecule has 1 aromatic rings. The first-order valence-corrected chi connectivity index (χ1v) is 10.2. The van der Waals surface area contributed by atoms with Crippen LogP contribution >= 0.6 is 0 Å². The highest BCUT2D eigenvalue weighted by Crippen LogP contribution is 2.63. The lowest BCUT2D eigenvalue weighted by molar-refractivity contribution is -0.0650. The number of likely N-dealkylation sites (N-methyl/N-ethyl adjacent to an activating group) is 1. The molecule has 25 heavy (non-hydrogen) atoms. The summed E-state index contributed by atoms with van der Waals surface area (Å²) in [6.07, 6.45) is 7.75. The van der Waals surface area contributed by atoms with Crippen LogP contribution in [0.25, 0.3) is 0 Å². The molecule has 3 fully saturated rings. The number of aromatic hydroxyl groups is 1. The minimum atomic E-state index is 0.123. The molecule has 6 rings (SSSR count). The summed E-state index contributed by atoms with van der Waals surface area (Å²) in [5, 5.41) is 14.2. The van der Waals surface area contributed by atoms with Gasteiger partial charge in [-0.1, -0.05) is 0 Å². The molecule has 0 radical (unpaired) electrons. The third-order valence-electron chi connectivity index (χ3n) is 8.01. The zero-order chi connectivity index (χ0) is 16.8. The molecule has 5 aliphatic rings. The summed E-state index contributed by atoms with van der Waals surface area (Å²) in [7, 11) is 2.08. The lowest BCUT2D eigenvalue weighted by Crippen LogP contribution is -2.68. The standard InChI is InChI=1S/C21H28N2O2/c1-22-15-5-4-14-16-10-13-17(24)6-7-18-19(13)21(14,20(15)25-18)8-9-23(16)11-12-2-3-12/h6-7,12,14-16,20,22,24H,2-5,8-11H2,1H3/t14-,15-,16+,20-,21-/m0/s1. The number of ether oxygens (including phenoxy) is 1. The molecule has 2 saturated carbocycles. The number of phenols is 1. The summed E-state index contributed by atoms with van der Waals surface area (Å²) < 4.78 is 6.57. The van der Waals surface area contributed by atoms with Crippen LogP contribution in [0.2, 0.25) is 0 Å². The Kier molecular flexibility index (Phi) is 2.92. The first kappa shape index (κ1) is 14.9. The maximum absolute atomic E-state index is 10.7. The molecule has 2 bridgehead atoms. The summed E-state index contributed by atoms with van der Waals surface area (Å²) in [4.78, 5) is 2.78. The maximum atomic E-state index is 10.7. The van der Waals surface area contributed by atoms with Crippen LogP contribution in [0.1, 0.15) is 43.2 Å². The molecule has 2 heterocycles. The third-order valence-corrected chi connectivity index (χ3v) is 8.01. The quantitative estimate of drug-likeness (QED) is 0.887. The van der Waals surface area contributed by atoms with Crippen molar-refractivity contribution in [2.45, 2.75) is 62.1 Å². The maximum Gasteiger partial charge on any atom is 0.124 e. The molecule has 3 aliphatic carbocycles. The fraction of sp³-hybridized carbons (Fsp3) is 0.714. The van der Waals surface area contributed by atoms with Gasteiger partial charge in [-0.15, -0.1) is 0 Å². The van der Waals surface area contributed by atoms with Crippen molar-refractivity contribution in [3.63, 3.8) is 0 Å². The van der Waals surface area contributed by atoms with Crippen LogP contribution in [-0.2, 0) is 11.8 Å². The second-order valence-corrected chi connectivity index (χ2v) is 9.05. The van der Waals surface area contributed by atoms with Gasteiger partial charge in [0.1, 0.15) is 17.6 Å². The Labute approximate surface area is 149 Å². The van der Waals surface area contributed by atoms with Crippen molar-refractivity contribution in [2.24, 2.45) is 11.8 Å². The Balaban J connectivity index is 1.51. The first-order chi connectivity index (χ1) is 12.2. The van der Waals surface area contributed by atoms with E-state index in [-0.39, 0.29) is 11.5 Å². The van der Waals surface area contributed by atoms with Gasteiger partial charge in [0.25, 0.3) is 0 Å². The second kappa shape index (κ2) is 4.92. The van der Waals surface area contributed by atoms with Gasteiger partial charge in [-0.25, -0.2) is 0 Å². The van der Waals surface area contributed by atoms with Crippen molar-refractivity contribution in [1.29, 1.82) is 0 Å². The topological polar surface area (TPSA) is 44.7 Å². The van der Waals surface area contributed by atoms with Crippen molar-refractivity contribution in [3.8, 4) is 11.5 Å². The van der Waals surface area contributed by atoms with E-state index in [0.717, 1.165) is 18.1 Å². The summed E-state index contributed by atoms with van der Waals surface area (Å²) in [6.45, 7) is 2.47. The Morgan fingerprint density at radius 3 is 2.96 bits per heavy atom. The average Bonchev–Trinajstić information content (AvgIpc) is 3.37. The van der Waals surface area contributed by atoms with E-state index in [2.05, 4.69) is 17.3 Å². The van der Waals surface area contributed by atoms with Crippen molar-refractivity contribution in [2.75, 3.05) is 20.1 Å². The molecular formula is C21H28N2O2. The molecule has 4 heteroatoms. The monoisotopic (exact) mass is 340 g/mol. The summed E-state index contributed by atoms with van der Waals surface area (Å²) in [5.41, 5.74) is 2.70. The lowest BCUT2D eigenvalue weighted by atomic mass is 9.51. The smallest absolute Gasteiger partial charge is 0.124 e. The molecule has 1 aromatic carbocycles. The van der Waals surface area contributed by atoms with Crippen LogP contribution in [-0.4, -0.2) is 48.3 Å². The predicted molar refractivity (Wildman–Crippen MR) is 96.2 cm³/mol. The van der Waals surface area contributed by atoms with Crippen molar-refractivity contribution >= 4 is 0 Å². The number of piperidine rings is 1. The summed E-state index contributed by atoms with van der Waals surface area (Å²) in [6, 6.07) is 4.89. The van der Waals surface area contributed by atoms with Crippen molar-refractivity contribution in [1.82, 2.24) is 10.2 Å². The van der Waals surface area contributed by atoms with E-state index in [4.69, 9.17) is 4.74 Å². The van der Waals surface area contributed by atoms with Gasteiger partial charge in [-0.05, 0) is 76.1 Å². The number of likely N-dealkylation sites (tertiary alicyclic amines) is 1.